The van der Waals surface area contributed by atoms with Crippen LogP contribution in [0.1, 0.15) is 19.3 Å². The first-order chi connectivity index (χ1) is 9.65. The number of likely N-dealkylation sites (tertiary alicyclic amines) is 1. The van der Waals surface area contributed by atoms with E-state index in [4.69, 9.17) is 5.73 Å². The summed E-state index contributed by atoms with van der Waals surface area (Å²) in [6.07, 6.45) is 2.07. The van der Waals surface area contributed by atoms with Crippen molar-refractivity contribution in [1.82, 2.24) is 4.90 Å². The highest BCUT2D eigenvalue weighted by molar-refractivity contribution is 5.90. The molecule has 3 N–H and O–H groups in total. The molecule has 108 valence electrons. The Balaban J connectivity index is 1.68. The highest BCUT2D eigenvalue weighted by Gasteiger charge is 2.23. The first-order valence-electron chi connectivity index (χ1n) is 7.02. The molecule has 1 heterocycles. The Morgan fingerprint density at radius 2 is 1.85 bits per heavy atom. The number of carbonyl (C=O) groups excluding carboxylic acids is 2. The van der Waals surface area contributed by atoms with Crippen LogP contribution in [0, 0.1) is 5.92 Å². The number of hydrogen-bond acceptors (Lipinski definition) is 3. The summed E-state index contributed by atoms with van der Waals surface area (Å²) in [5, 5.41) is 2.87. The van der Waals surface area contributed by atoms with E-state index < -0.39 is 0 Å². The second-order valence-corrected chi connectivity index (χ2v) is 5.18. The van der Waals surface area contributed by atoms with Gasteiger partial charge in [-0.25, -0.2) is 0 Å². The van der Waals surface area contributed by atoms with Gasteiger partial charge in [0.05, 0.1) is 0 Å². The zero-order valence-electron chi connectivity index (χ0n) is 11.5. The second-order valence-electron chi connectivity index (χ2n) is 5.18. The molecule has 0 unspecified atom stereocenters. The summed E-state index contributed by atoms with van der Waals surface area (Å²) in [5.41, 5.74) is 6.12. The molecule has 0 aliphatic carbocycles. The molecular formula is C15H21N3O2. The molecule has 5 heteroatoms. The van der Waals surface area contributed by atoms with E-state index in [1.54, 1.807) is 0 Å². The summed E-state index contributed by atoms with van der Waals surface area (Å²) in [6, 6.07) is 9.44. The van der Waals surface area contributed by atoms with Gasteiger partial charge in [-0.05, 0) is 38.1 Å². The maximum Gasteiger partial charge on any atom is 0.225 e. The summed E-state index contributed by atoms with van der Waals surface area (Å²) in [6.45, 7) is 2.41. The molecule has 5 nitrogen and oxygen atoms in total. The monoisotopic (exact) mass is 275 g/mol. The van der Waals surface area contributed by atoms with Crippen molar-refractivity contribution in [2.45, 2.75) is 19.3 Å². The summed E-state index contributed by atoms with van der Waals surface area (Å²) < 4.78 is 0. The van der Waals surface area contributed by atoms with Gasteiger partial charge in [-0.3, -0.25) is 9.59 Å². The van der Waals surface area contributed by atoms with Crippen molar-refractivity contribution in [1.29, 1.82) is 0 Å². The van der Waals surface area contributed by atoms with E-state index in [1.165, 1.54) is 0 Å². The normalized spacial score (nSPS) is 16.8. The highest BCUT2D eigenvalue weighted by atomic mass is 16.2. The van der Waals surface area contributed by atoms with E-state index in [2.05, 4.69) is 10.2 Å². The molecule has 1 aromatic rings. The molecule has 0 bridgehead atoms. The second kappa shape index (κ2) is 7.05. The average Bonchev–Trinajstić information content (AvgIpc) is 2.46. The van der Waals surface area contributed by atoms with Crippen LogP contribution >= 0.6 is 0 Å². The predicted octanol–water partition coefficient (Wildman–Crippen LogP) is 1.21. The van der Waals surface area contributed by atoms with Crippen LogP contribution in [0.4, 0.5) is 5.69 Å². The molecular weight excluding hydrogens is 254 g/mol. The number of nitrogens with two attached hydrogens (primary N) is 1. The van der Waals surface area contributed by atoms with Crippen molar-refractivity contribution in [2.24, 2.45) is 11.7 Å². The van der Waals surface area contributed by atoms with E-state index in [9.17, 15) is 9.59 Å². The first-order valence-corrected chi connectivity index (χ1v) is 7.02. The summed E-state index contributed by atoms with van der Waals surface area (Å²) in [5.74, 6) is -0.177. The summed E-state index contributed by atoms with van der Waals surface area (Å²) >= 11 is 0. The standard InChI is InChI=1S/C15H21N3O2/c16-15(20)12-6-9-18(10-7-12)11-8-14(19)17-13-4-2-1-3-5-13/h1-5,12H,6-11H2,(H2,16,20)(H,17,19). The van der Waals surface area contributed by atoms with Crippen LogP contribution in [0.5, 0.6) is 0 Å². The Morgan fingerprint density at radius 1 is 1.20 bits per heavy atom. The average molecular weight is 275 g/mol. The lowest BCUT2D eigenvalue weighted by Crippen LogP contribution is -2.39. The molecule has 1 aliphatic rings. The molecule has 0 saturated carbocycles. The van der Waals surface area contributed by atoms with Crippen LogP contribution in [-0.2, 0) is 9.59 Å². The third-order valence-electron chi connectivity index (χ3n) is 3.70. The highest BCUT2D eigenvalue weighted by Crippen LogP contribution is 2.16. The molecule has 1 fully saturated rings. The molecule has 1 aromatic carbocycles. The number of anilines is 1. The third kappa shape index (κ3) is 4.35. The zero-order valence-corrected chi connectivity index (χ0v) is 11.5. The van der Waals surface area contributed by atoms with E-state index in [1.807, 2.05) is 30.3 Å². The minimum Gasteiger partial charge on any atom is -0.369 e. The predicted molar refractivity (Wildman–Crippen MR) is 78.0 cm³/mol. The number of nitrogens with one attached hydrogen (secondary N) is 1. The SMILES string of the molecule is NC(=O)C1CCN(CCC(=O)Nc2ccccc2)CC1. The Kier molecular flexibility index (Phi) is 5.12. The minimum atomic E-state index is -0.202. The van der Waals surface area contributed by atoms with E-state index >= 15 is 0 Å². The number of amides is 2. The Labute approximate surface area is 119 Å². The van der Waals surface area contributed by atoms with Gasteiger partial charge in [-0.15, -0.1) is 0 Å². The number of hydrogen-bond donors (Lipinski definition) is 2. The van der Waals surface area contributed by atoms with Gasteiger partial charge in [0.25, 0.3) is 0 Å². The number of benzene rings is 1. The largest absolute Gasteiger partial charge is 0.369 e. The van der Waals surface area contributed by atoms with Gasteiger partial charge in [0.15, 0.2) is 0 Å². The number of para-hydroxylation sites is 1. The molecule has 0 atom stereocenters. The van der Waals surface area contributed by atoms with Gasteiger partial charge in [0, 0.05) is 24.6 Å². The molecule has 0 radical (unpaired) electrons. The minimum absolute atomic E-state index is 0.00407. The number of primary amides is 1. The number of piperidine rings is 1. The van der Waals surface area contributed by atoms with Gasteiger partial charge in [0.1, 0.15) is 0 Å². The first kappa shape index (κ1) is 14.5. The van der Waals surface area contributed by atoms with E-state index in [0.717, 1.165) is 38.2 Å². The van der Waals surface area contributed by atoms with Gasteiger partial charge >= 0.3 is 0 Å². The van der Waals surface area contributed by atoms with Crippen molar-refractivity contribution < 1.29 is 9.59 Å². The fraction of sp³-hybridized carbons (Fsp3) is 0.467. The van der Waals surface area contributed by atoms with Crippen molar-refractivity contribution in [2.75, 3.05) is 25.0 Å². The molecule has 2 rings (SSSR count). The zero-order chi connectivity index (χ0) is 14.4. The van der Waals surface area contributed by atoms with Crippen LogP contribution in [0.25, 0.3) is 0 Å². The van der Waals surface area contributed by atoms with E-state index in [0.29, 0.717) is 6.42 Å². The van der Waals surface area contributed by atoms with Crippen LogP contribution < -0.4 is 11.1 Å². The van der Waals surface area contributed by atoms with Crippen LogP contribution in [0.15, 0.2) is 30.3 Å². The Bertz CT molecular complexity index is 453. The molecule has 20 heavy (non-hydrogen) atoms. The molecule has 2 amide bonds. The van der Waals surface area contributed by atoms with Crippen LogP contribution in [0.3, 0.4) is 0 Å². The maximum absolute atomic E-state index is 11.8. The fourth-order valence-electron chi connectivity index (χ4n) is 2.45. The van der Waals surface area contributed by atoms with Gasteiger partial charge < -0.3 is 16.0 Å². The van der Waals surface area contributed by atoms with Crippen molar-refractivity contribution in [3.63, 3.8) is 0 Å². The smallest absolute Gasteiger partial charge is 0.225 e. The van der Waals surface area contributed by atoms with Gasteiger partial charge in [0.2, 0.25) is 11.8 Å². The molecule has 0 spiro atoms. The lowest BCUT2D eigenvalue weighted by atomic mass is 9.96. The maximum atomic E-state index is 11.8. The third-order valence-corrected chi connectivity index (χ3v) is 3.70. The van der Waals surface area contributed by atoms with Gasteiger partial charge in [-0.2, -0.15) is 0 Å². The summed E-state index contributed by atoms with van der Waals surface area (Å²) in [4.78, 5) is 25.1. The molecule has 0 aromatic heterocycles. The lowest BCUT2D eigenvalue weighted by molar-refractivity contribution is -0.123. The van der Waals surface area contributed by atoms with Crippen molar-refractivity contribution in [3.05, 3.63) is 30.3 Å². The Hall–Kier alpha value is -1.88. The van der Waals surface area contributed by atoms with Crippen LogP contribution in [0.2, 0.25) is 0 Å². The number of nitrogens with zero attached hydrogens (tertiary/aromatic N) is 1. The number of carbonyl (C=O) groups is 2. The van der Waals surface area contributed by atoms with E-state index in [-0.39, 0.29) is 17.7 Å². The summed E-state index contributed by atoms with van der Waals surface area (Å²) in [7, 11) is 0. The quantitative estimate of drug-likeness (QED) is 0.848. The topological polar surface area (TPSA) is 75.4 Å². The van der Waals surface area contributed by atoms with Gasteiger partial charge in [-0.1, -0.05) is 18.2 Å². The Morgan fingerprint density at radius 3 is 2.45 bits per heavy atom. The molecule has 1 aliphatic heterocycles. The lowest BCUT2D eigenvalue weighted by Gasteiger charge is -2.30. The molecule has 1 saturated heterocycles. The van der Waals surface area contributed by atoms with Crippen molar-refractivity contribution >= 4 is 17.5 Å². The number of rotatable bonds is 5. The fourth-order valence-corrected chi connectivity index (χ4v) is 2.45. The van der Waals surface area contributed by atoms with Crippen LogP contribution in [-0.4, -0.2) is 36.3 Å². The van der Waals surface area contributed by atoms with Crippen molar-refractivity contribution in [3.8, 4) is 0 Å².